The van der Waals surface area contributed by atoms with Gasteiger partial charge in [0.05, 0.1) is 13.2 Å². The highest BCUT2D eigenvalue weighted by Crippen LogP contribution is 2.25. The highest BCUT2D eigenvalue weighted by Gasteiger charge is 2.35. The molecule has 0 spiro atoms. The molecule has 1 aliphatic heterocycles. The highest BCUT2D eigenvalue weighted by molar-refractivity contribution is 7.89. The summed E-state index contributed by atoms with van der Waals surface area (Å²) < 4.78 is 60.7. The van der Waals surface area contributed by atoms with Crippen LogP contribution in [0.15, 0.2) is 29.4 Å². The van der Waals surface area contributed by atoms with Crippen LogP contribution < -0.4 is 0 Å². The molecule has 1 fully saturated rings. The normalized spacial score (nSPS) is 18.0. The van der Waals surface area contributed by atoms with E-state index in [-0.39, 0.29) is 30.2 Å². The van der Waals surface area contributed by atoms with Crippen LogP contribution in [0.2, 0.25) is 0 Å². The molecule has 0 unspecified atom stereocenters. The number of hydrogen-bond donors (Lipinski definition) is 0. The fourth-order valence-corrected chi connectivity index (χ4v) is 5.09. The zero-order valence-corrected chi connectivity index (χ0v) is 17.1. The molecule has 0 bridgehead atoms. The topological polar surface area (TPSA) is 81.5 Å². The number of nitrogens with zero attached hydrogens (tertiary/aromatic N) is 3. The molecule has 2 heterocycles. The van der Waals surface area contributed by atoms with E-state index in [2.05, 4.69) is 5.10 Å². The second-order valence-electron chi connectivity index (χ2n) is 7.15. The summed E-state index contributed by atoms with van der Waals surface area (Å²) in [7, 11) is -4.02. The van der Waals surface area contributed by atoms with Gasteiger partial charge in [0.25, 0.3) is 10.0 Å². The lowest BCUT2D eigenvalue weighted by Crippen LogP contribution is -2.39. The van der Waals surface area contributed by atoms with E-state index in [4.69, 9.17) is 4.74 Å². The van der Waals surface area contributed by atoms with Crippen molar-refractivity contribution < 1.29 is 26.7 Å². The summed E-state index contributed by atoms with van der Waals surface area (Å²) in [5, 5.41) is 3.68. The predicted octanol–water partition coefficient (Wildman–Crippen LogP) is 2.81. The molecule has 0 radical (unpaired) electrons. The van der Waals surface area contributed by atoms with Crippen LogP contribution in [0.1, 0.15) is 42.6 Å². The summed E-state index contributed by atoms with van der Waals surface area (Å²) >= 11 is 0. The van der Waals surface area contributed by atoms with Crippen molar-refractivity contribution in [3.8, 4) is 0 Å². The molecule has 29 heavy (non-hydrogen) atoms. The Morgan fingerprint density at radius 3 is 2.59 bits per heavy atom. The summed E-state index contributed by atoms with van der Waals surface area (Å²) in [6.45, 7) is 4.22. The van der Waals surface area contributed by atoms with Gasteiger partial charge in [0.15, 0.2) is 0 Å². The van der Waals surface area contributed by atoms with Crippen LogP contribution in [-0.2, 0) is 21.3 Å². The first-order chi connectivity index (χ1) is 13.7. The van der Waals surface area contributed by atoms with Crippen LogP contribution in [0, 0.1) is 17.6 Å². The first-order valence-electron chi connectivity index (χ1n) is 9.40. The predicted molar refractivity (Wildman–Crippen MR) is 101 cm³/mol. The standard InChI is InChI=1S/C19H23F2N3O4S/c1-3-28-19(25)17-12-23(11-14-7-15(20)9-16(21)8-14)22-18(17)29(26,27)24-6-4-5-13(2)10-24/h7-9,12-13H,3-6,10-11H2,1-2H3/t13-/m0/s1. The molecule has 0 amide bonds. The van der Waals surface area contributed by atoms with Gasteiger partial charge in [-0.1, -0.05) is 6.92 Å². The quantitative estimate of drug-likeness (QED) is 0.662. The number of benzene rings is 1. The molecule has 10 heteroatoms. The van der Waals surface area contributed by atoms with Crippen molar-refractivity contribution in [2.24, 2.45) is 5.92 Å². The summed E-state index contributed by atoms with van der Waals surface area (Å²) in [4.78, 5) is 12.4. The first-order valence-corrected chi connectivity index (χ1v) is 10.8. The van der Waals surface area contributed by atoms with Gasteiger partial charge in [0.1, 0.15) is 17.2 Å². The van der Waals surface area contributed by atoms with Gasteiger partial charge in [-0.3, -0.25) is 4.68 Å². The van der Waals surface area contributed by atoms with Gasteiger partial charge in [-0.2, -0.15) is 9.40 Å². The van der Waals surface area contributed by atoms with Crippen LogP contribution in [0.4, 0.5) is 8.78 Å². The molecule has 1 atom stereocenters. The highest BCUT2D eigenvalue weighted by atomic mass is 32.2. The minimum absolute atomic E-state index is 0.0688. The van der Waals surface area contributed by atoms with Crippen LogP contribution in [0.25, 0.3) is 0 Å². The minimum Gasteiger partial charge on any atom is -0.462 e. The Hall–Kier alpha value is -2.33. The van der Waals surface area contributed by atoms with Crippen molar-refractivity contribution in [1.29, 1.82) is 0 Å². The number of carbonyl (C=O) groups is 1. The van der Waals surface area contributed by atoms with Crippen molar-refractivity contribution in [1.82, 2.24) is 14.1 Å². The van der Waals surface area contributed by atoms with Crippen molar-refractivity contribution >= 4 is 16.0 Å². The second-order valence-corrected chi connectivity index (χ2v) is 9.01. The molecular weight excluding hydrogens is 404 g/mol. The van der Waals surface area contributed by atoms with Gasteiger partial charge in [-0.15, -0.1) is 0 Å². The van der Waals surface area contributed by atoms with Crippen molar-refractivity contribution in [3.63, 3.8) is 0 Å². The van der Waals surface area contributed by atoms with Crippen LogP contribution in [0.3, 0.4) is 0 Å². The maximum Gasteiger partial charge on any atom is 0.342 e. The van der Waals surface area contributed by atoms with Crippen molar-refractivity contribution in [3.05, 3.63) is 47.2 Å². The molecule has 1 saturated heterocycles. The second kappa shape index (κ2) is 8.58. The van der Waals surface area contributed by atoms with E-state index in [1.807, 2.05) is 6.92 Å². The van der Waals surface area contributed by atoms with E-state index < -0.39 is 32.7 Å². The smallest absolute Gasteiger partial charge is 0.342 e. The van der Waals surface area contributed by atoms with Crippen molar-refractivity contribution in [2.75, 3.05) is 19.7 Å². The Morgan fingerprint density at radius 2 is 1.97 bits per heavy atom. The molecule has 158 valence electrons. The molecule has 1 aromatic carbocycles. The van der Waals surface area contributed by atoms with Gasteiger partial charge in [0.2, 0.25) is 5.03 Å². The average Bonchev–Trinajstić information content (AvgIpc) is 3.06. The Labute approximate surface area is 168 Å². The van der Waals surface area contributed by atoms with Gasteiger partial charge >= 0.3 is 5.97 Å². The minimum atomic E-state index is -4.02. The lowest BCUT2D eigenvalue weighted by atomic mass is 10.0. The van der Waals surface area contributed by atoms with Gasteiger partial charge in [-0.05, 0) is 43.4 Å². The van der Waals surface area contributed by atoms with Crippen LogP contribution >= 0.6 is 0 Å². The van der Waals surface area contributed by atoms with Gasteiger partial charge in [0, 0.05) is 25.4 Å². The Kier molecular flexibility index (Phi) is 6.33. The third kappa shape index (κ3) is 4.81. The van der Waals surface area contributed by atoms with E-state index in [0.29, 0.717) is 13.1 Å². The Bertz CT molecular complexity index is 987. The molecule has 0 N–H and O–H groups in total. The number of carbonyl (C=O) groups excluding carboxylic acids is 1. The number of piperidine rings is 1. The number of halogens is 2. The molecule has 2 aromatic rings. The number of rotatable bonds is 6. The van der Waals surface area contributed by atoms with E-state index >= 15 is 0 Å². The maximum atomic E-state index is 13.5. The number of aromatic nitrogens is 2. The third-order valence-corrected chi connectivity index (χ3v) is 6.50. The first kappa shape index (κ1) is 21.4. The average molecular weight is 427 g/mol. The largest absolute Gasteiger partial charge is 0.462 e. The van der Waals surface area contributed by atoms with E-state index in [9.17, 15) is 22.0 Å². The Balaban J connectivity index is 1.99. The molecule has 3 rings (SSSR count). The summed E-state index contributed by atoms with van der Waals surface area (Å²) in [6.07, 6.45) is 2.88. The van der Waals surface area contributed by atoms with E-state index in [1.54, 1.807) is 6.92 Å². The fraction of sp³-hybridized carbons (Fsp3) is 0.474. The number of esters is 1. The molecule has 0 aliphatic carbocycles. The van der Waals surface area contributed by atoms with Crippen LogP contribution in [-0.4, -0.2) is 48.2 Å². The van der Waals surface area contributed by atoms with E-state index in [1.165, 1.54) is 15.2 Å². The number of ether oxygens (including phenoxy) is 1. The van der Waals surface area contributed by atoms with Gasteiger partial charge in [-0.25, -0.2) is 22.0 Å². The monoisotopic (exact) mass is 427 g/mol. The molecule has 1 aromatic heterocycles. The zero-order valence-electron chi connectivity index (χ0n) is 16.3. The van der Waals surface area contributed by atoms with Gasteiger partial charge < -0.3 is 4.74 Å². The van der Waals surface area contributed by atoms with E-state index in [0.717, 1.165) is 31.0 Å². The Morgan fingerprint density at radius 1 is 1.28 bits per heavy atom. The fourth-order valence-electron chi connectivity index (χ4n) is 3.40. The summed E-state index contributed by atoms with van der Waals surface area (Å²) in [5.74, 6) is -2.13. The summed E-state index contributed by atoms with van der Waals surface area (Å²) in [5.41, 5.74) is 0.0536. The molecule has 7 nitrogen and oxygen atoms in total. The molecular formula is C19H23F2N3O4S. The number of sulfonamides is 1. The van der Waals surface area contributed by atoms with Crippen molar-refractivity contribution in [2.45, 2.75) is 38.3 Å². The zero-order chi connectivity index (χ0) is 21.2. The maximum absolute atomic E-state index is 13.5. The van der Waals surface area contributed by atoms with Crippen LogP contribution in [0.5, 0.6) is 0 Å². The number of hydrogen-bond acceptors (Lipinski definition) is 5. The molecule has 0 saturated carbocycles. The molecule has 1 aliphatic rings. The lowest BCUT2D eigenvalue weighted by molar-refractivity contribution is 0.0521. The summed E-state index contributed by atoms with van der Waals surface area (Å²) in [6, 6.07) is 2.98. The SMILES string of the molecule is CCOC(=O)c1cn(Cc2cc(F)cc(F)c2)nc1S(=O)(=O)N1CCC[C@H](C)C1. The third-order valence-electron chi connectivity index (χ3n) is 4.69. The lowest BCUT2D eigenvalue weighted by Gasteiger charge is -2.29.